The zero-order chi connectivity index (χ0) is 10.9. The maximum absolute atomic E-state index is 10.9. The average molecular weight is 215 g/mol. The predicted molar refractivity (Wildman–Crippen MR) is 53.0 cm³/mol. The van der Waals surface area contributed by atoms with Crippen molar-refractivity contribution in [1.82, 2.24) is 0 Å². The molecule has 0 aromatic heterocycles. The van der Waals surface area contributed by atoms with Gasteiger partial charge in [-0.3, -0.25) is 9.59 Å². The van der Waals surface area contributed by atoms with Crippen LogP contribution in [-0.2, 0) is 9.59 Å². The molecule has 0 aromatic rings. The second-order valence-electron chi connectivity index (χ2n) is 3.41. The third-order valence-corrected chi connectivity index (χ3v) is 2.83. The third-order valence-electron chi connectivity index (χ3n) is 2.50. The lowest BCUT2D eigenvalue weighted by Gasteiger charge is -2.25. The number of rotatable bonds is 2. The summed E-state index contributed by atoms with van der Waals surface area (Å²) < 4.78 is 0. The first-order valence-corrected chi connectivity index (χ1v) is 4.62. The number of carbonyl (C=O) groups is 2. The summed E-state index contributed by atoms with van der Waals surface area (Å²) in [5.41, 5.74) is 1.05. The van der Waals surface area contributed by atoms with Gasteiger partial charge in [0.1, 0.15) is 6.29 Å². The summed E-state index contributed by atoms with van der Waals surface area (Å²) in [4.78, 5) is 21.6. The number of halogens is 1. The standard InChI is InChI=1S/C10H11ClO3/c1-5-3-8(11)7(4-12)6(2)9(5)10(13)14/h3-4,6,9H,1-2H3,(H,13,14). The van der Waals surface area contributed by atoms with Gasteiger partial charge in [0.05, 0.1) is 5.92 Å². The van der Waals surface area contributed by atoms with Crippen molar-refractivity contribution in [3.8, 4) is 0 Å². The van der Waals surface area contributed by atoms with E-state index < -0.39 is 11.9 Å². The second kappa shape index (κ2) is 3.96. The zero-order valence-electron chi connectivity index (χ0n) is 7.95. The van der Waals surface area contributed by atoms with E-state index in [4.69, 9.17) is 16.7 Å². The Labute approximate surface area is 87.1 Å². The molecule has 2 unspecified atom stereocenters. The summed E-state index contributed by atoms with van der Waals surface area (Å²) in [6, 6.07) is 0. The fourth-order valence-electron chi connectivity index (χ4n) is 1.74. The van der Waals surface area contributed by atoms with Crippen molar-refractivity contribution in [3.63, 3.8) is 0 Å². The number of carbonyl (C=O) groups excluding carboxylic acids is 1. The molecule has 0 saturated carbocycles. The quantitative estimate of drug-likeness (QED) is 0.715. The number of allylic oxidation sites excluding steroid dienone is 3. The van der Waals surface area contributed by atoms with Crippen LogP contribution < -0.4 is 0 Å². The van der Waals surface area contributed by atoms with Gasteiger partial charge in [0, 0.05) is 16.5 Å². The molecule has 2 atom stereocenters. The monoisotopic (exact) mass is 214 g/mol. The molecule has 0 spiro atoms. The van der Waals surface area contributed by atoms with E-state index in [2.05, 4.69) is 0 Å². The summed E-state index contributed by atoms with van der Waals surface area (Å²) >= 11 is 5.82. The molecule has 0 bridgehead atoms. The van der Waals surface area contributed by atoms with E-state index in [9.17, 15) is 9.59 Å². The lowest BCUT2D eigenvalue weighted by atomic mass is 9.79. The van der Waals surface area contributed by atoms with Crippen LogP contribution in [0.4, 0.5) is 0 Å². The average Bonchev–Trinajstić information content (AvgIpc) is 2.02. The predicted octanol–water partition coefficient (Wildman–Crippen LogP) is 1.98. The van der Waals surface area contributed by atoms with E-state index in [1.807, 2.05) is 0 Å². The van der Waals surface area contributed by atoms with Crippen LogP contribution in [0, 0.1) is 11.8 Å². The number of carboxylic acids is 1. The second-order valence-corrected chi connectivity index (χ2v) is 3.82. The van der Waals surface area contributed by atoms with Crippen molar-refractivity contribution in [3.05, 3.63) is 22.3 Å². The van der Waals surface area contributed by atoms with Crippen molar-refractivity contribution < 1.29 is 14.7 Å². The Morgan fingerprint density at radius 2 is 2.21 bits per heavy atom. The summed E-state index contributed by atoms with van der Waals surface area (Å²) in [5, 5.41) is 9.31. The molecule has 0 heterocycles. The Morgan fingerprint density at radius 3 is 2.64 bits per heavy atom. The minimum Gasteiger partial charge on any atom is -0.481 e. The molecule has 4 heteroatoms. The highest BCUT2D eigenvalue weighted by atomic mass is 35.5. The van der Waals surface area contributed by atoms with Crippen molar-refractivity contribution >= 4 is 23.9 Å². The first kappa shape index (κ1) is 11.0. The first-order chi connectivity index (χ1) is 6.49. The van der Waals surface area contributed by atoms with Gasteiger partial charge >= 0.3 is 5.97 Å². The minimum atomic E-state index is -0.922. The number of hydrogen-bond donors (Lipinski definition) is 1. The van der Waals surface area contributed by atoms with Gasteiger partial charge in [0.25, 0.3) is 0 Å². The van der Waals surface area contributed by atoms with Crippen LogP contribution in [-0.4, -0.2) is 17.4 Å². The first-order valence-electron chi connectivity index (χ1n) is 4.25. The van der Waals surface area contributed by atoms with Crippen LogP contribution in [0.15, 0.2) is 22.3 Å². The summed E-state index contributed by atoms with van der Waals surface area (Å²) in [5.74, 6) is -1.92. The van der Waals surface area contributed by atoms with E-state index in [-0.39, 0.29) is 5.92 Å². The van der Waals surface area contributed by atoms with E-state index in [0.29, 0.717) is 22.5 Å². The number of aldehydes is 1. The van der Waals surface area contributed by atoms with E-state index in [0.717, 1.165) is 0 Å². The SMILES string of the molecule is CC1=CC(Cl)=C(C=O)C(C)C1C(=O)O. The molecule has 3 nitrogen and oxygen atoms in total. The van der Waals surface area contributed by atoms with Crippen LogP contribution in [0.25, 0.3) is 0 Å². The lowest BCUT2D eigenvalue weighted by Crippen LogP contribution is -2.27. The Hall–Kier alpha value is -1.09. The molecule has 0 radical (unpaired) electrons. The smallest absolute Gasteiger partial charge is 0.311 e. The highest BCUT2D eigenvalue weighted by Gasteiger charge is 2.32. The maximum Gasteiger partial charge on any atom is 0.311 e. The maximum atomic E-state index is 10.9. The van der Waals surface area contributed by atoms with Crippen LogP contribution in [0.5, 0.6) is 0 Å². The molecule has 1 rings (SSSR count). The number of carboxylic acid groups (broad SMARTS) is 1. The van der Waals surface area contributed by atoms with Crippen molar-refractivity contribution in [2.75, 3.05) is 0 Å². The zero-order valence-corrected chi connectivity index (χ0v) is 8.71. The molecule has 1 aliphatic rings. The molecule has 1 N–H and O–H groups in total. The largest absolute Gasteiger partial charge is 0.481 e. The molecular weight excluding hydrogens is 204 g/mol. The van der Waals surface area contributed by atoms with Gasteiger partial charge < -0.3 is 5.11 Å². The van der Waals surface area contributed by atoms with Gasteiger partial charge in [0.15, 0.2) is 0 Å². The molecule has 0 aliphatic heterocycles. The molecule has 0 amide bonds. The summed E-state index contributed by atoms with van der Waals surface area (Å²) in [7, 11) is 0. The van der Waals surface area contributed by atoms with Gasteiger partial charge in [-0.2, -0.15) is 0 Å². The third kappa shape index (κ3) is 1.73. The van der Waals surface area contributed by atoms with Crippen LogP contribution in [0.3, 0.4) is 0 Å². The molecular formula is C10H11ClO3. The fraction of sp³-hybridized carbons (Fsp3) is 0.400. The van der Waals surface area contributed by atoms with E-state index in [1.165, 1.54) is 0 Å². The molecule has 0 saturated heterocycles. The Bertz CT molecular complexity index is 341. The molecule has 14 heavy (non-hydrogen) atoms. The molecule has 1 aliphatic carbocycles. The molecule has 76 valence electrons. The van der Waals surface area contributed by atoms with Gasteiger partial charge in [-0.15, -0.1) is 0 Å². The van der Waals surface area contributed by atoms with Crippen molar-refractivity contribution in [1.29, 1.82) is 0 Å². The summed E-state index contributed by atoms with van der Waals surface area (Å²) in [6.07, 6.45) is 2.18. The van der Waals surface area contributed by atoms with Crippen LogP contribution in [0.1, 0.15) is 13.8 Å². The number of aliphatic carboxylic acids is 1. The minimum absolute atomic E-state index is 0.350. The van der Waals surface area contributed by atoms with E-state index in [1.54, 1.807) is 19.9 Å². The highest BCUT2D eigenvalue weighted by Crippen LogP contribution is 2.35. The van der Waals surface area contributed by atoms with E-state index >= 15 is 0 Å². The van der Waals surface area contributed by atoms with Crippen LogP contribution >= 0.6 is 11.6 Å². The van der Waals surface area contributed by atoms with Gasteiger partial charge in [-0.1, -0.05) is 24.1 Å². The van der Waals surface area contributed by atoms with Gasteiger partial charge in [-0.05, 0) is 13.0 Å². The molecule has 0 aromatic carbocycles. The topological polar surface area (TPSA) is 54.4 Å². The highest BCUT2D eigenvalue weighted by molar-refractivity contribution is 6.33. The fourth-order valence-corrected chi connectivity index (χ4v) is 2.13. The van der Waals surface area contributed by atoms with Crippen LogP contribution in [0.2, 0.25) is 0 Å². The molecule has 0 fully saturated rings. The Morgan fingerprint density at radius 1 is 1.64 bits per heavy atom. The number of hydrogen-bond acceptors (Lipinski definition) is 2. The lowest BCUT2D eigenvalue weighted by molar-refractivity contribution is -0.141. The summed E-state index contributed by atoms with van der Waals surface area (Å²) in [6.45, 7) is 3.40. The Balaban J connectivity index is 3.17. The normalized spacial score (nSPS) is 27.2. The van der Waals surface area contributed by atoms with Crippen molar-refractivity contribution in [2.24, 2.45) is 11.8 Å². The Kier molecular flexibility index (Phi) is 3.11. The van der Waals surface area contributed by atoms with Gasteiger partial charge in [-0.25, -0.2) is 0 Å². The van der Waals surface area contributed by atoms with Crippen molar-refractivity contribution in [2.45, 2.75) is 13.8 Å². The van der Waals surface area contributed by atoms with Gasteiger partial charge in [0.2, 0.25) is 0 Å².